The van der Waals surface area contributed by atoms with Crippen molar-refractivity contribution in [1.82, 2.24) is 0 Å². The van der Waals surface area contributed by atoms with E-state index >= 15 is 0 Å². The van der Waals surface area contributed by atoms with Crippen LogP contribution in [-0.4, -0.2) is 29.8 Å². The summed E-state index contributed by atoms with van der Waals surface area (Å²) in [7, 11) is 1.14. The summed E-state index contributed by atoms with van der Waals surface area (Å²) in [5, 5.41) is 10.7. The number of allylic oxidation sites excluding steroid dienone is 1. The van der Waals surface area contributed by atoms with Gasteiger partial charge in [-0.2, -0.15) is 0 Å². The lowest BCUT2D eigenvalue weighted by Crippen LogP contribution is -2.29. The highest BCUT2D eigenvalue weighted by Gasteiger charge is 2.39. The third-order valence-electron chi connectivity index (χ3n) is 4.43. The molecule has 2 aromatic carbocycles. The van der Waals surface area contributed by atoms with Gasteiger partial charge in [-0.1, -0.05) is 41.9 Å². The van der Waals surface area contributed by atoms with Crippen molar-refractivity contribution in [2.24, 2.45) is 0 Å². The second kappa shape index (κ2) is 7.32. The van der Waals surface area contributed by atoms with Gasteiger partial charge in [0, 0.05) is 27.6 Å². The fourth-order valence-corrected chi connectivity index (χ4v) is 3.44. The number of ketones is 2. The molecule has 0 heterocycles. The second-order valence-electron chi connectivity index (χ2n) is 5.93. The molecule has 0 aliphatic heterocycles. The maximum atomic E-state index is 14.5. The lowest BCUT2D eigenvalue weighted by molar-refractivity contribution is -0.140. The summed E-state index contributed by atoms with van der Waals surface area (Å²) >= 11 is 6.11. The first-order valence-electron chi connectivity index (χ1n) is 7.99. The van der Waals surface area contributed by atoms with Crippen molar-refractivity contribution in [3.63, 3.8) is 0 Å². The standard InChI is InChI=1S/C20H14ClFO5/c1-27-15(23)9-12(16-13(21)7-4-8-14(16)22)17-18(24)10-5-2-3-6-11(10)19(25)20(17)26/h2-8,12,24H,9H2,1H3. The van der Waals surface area contributed by atoms with Crippen LogP contribution >= 0.6 is 11.6 Å². The molecule has 27 heavy (non-hydrogen) atoms. The fraction of sp³-hybridized carbons (Fsp3) is 0.150. The highest BCUT2D eigenvalue weighted by molar-refractivity contribution is 6.52. The van der Waals surface area contributed by atoms with Crippen LogP contribution in [0.3, 0.4) is 0 Å². The summed E-state index contributed by atoms with van der Waals surface area (Å²) < 4.78 is 19.2. The number of ether oxygens (including phenoxy) is 1. The summed E-state index contributed by atoms with van der Waals surface area (Å²) in [5.41, 5.74) is -0.359. The van der Waals surface area contributed by atoms with Crippen molar-refractivity contribution in [1.29, 1.82) is 0 Å². The molecular formula is C20H14ClFO5. The van der Waals surface area contributed by atoms with E-state index < -0.39 is 41.5 Å². The van der Waals surface area contributed by atoms with E-state index in [1.165, 1.54) is 24.3 Å². The van der Waals surface area contributed by atoms with E-state index in [0.29, 0.717) is 0 Å². The number of halogens is 2. The molecule has 0 fully saturated rings. The lowest BCUT2D eigenvalue weighted by atomic mass is 9.78. The predicted molar refractivity (Wildman–Crippen MR) is 96.1 cm³/mol. The topological polar surface area (TPSA) is 80.7 Å². The van der Waals surface area contributed by atoms with Gasteiger partial charge in [0.05, 0.1) is 19.1 Å². The highest BCUT2D eigenvalue weighted by Crippen LogP contribution is 2.41. The van der Waals surface area contributed by atoms with E-state index in [4.69, 9.17) is 11.6 Å². The van der Waals surface area contributed by atoms with Crippen LogP contribution in [0, 0.1) is 5.82 Å². The van der Waals surface area contributed by atoms with Crippen molar-refractivity contribution in [2.45, 2.75) is 12.3 Å². The Kier molecular flexibility index (Phi) is 5.10. The minimum Gasteiger partial charge on any atom is -0.507 e. The number of aliphatic hydroxyl groups is 1. The zero-order valence-corrected chi connectivity index (χ0v) is 14.9. The highest BCUT2D eigenvalue weighted by atomic mass is 35.5. The van der Waals surface area contributed by atoms with E-state index in [-0.39, 0.29) is 27.3 Å². The third kappa shape index (κ3) is 3.24. The summed E-state index contributed by atoms with van der Waals surface area (Å²) in [6.45, 7) is 0. The van der Waals surface area contributed by atoms with Crippen LogP contribution in [0.2, 0.25) is 5.02 Å². The Morgan fingerprint density at radius 1 is 1.11 bits per heavy atom. The largest absolute Gasteiger partial charge is 0.507 e. The molecule has 0 saturated carbocycles. The number of rotatable bonds is 4. The number of Topliss-reactive ketones (excluding diaryl/α,β-unsaturated/α-hetero) is 2. The first kappa shape index (κ1) is 18.8. The van der Waals surface area contributed by atoms with E-state index in [0.717, 1.165) is 13.2 Å². The Balaban J connectivity index is 2.28. The normalized spacial score (nSPS) is 14.8. The monoisotopic (exact) mass is 388 g/mol. The average molecular weight is 389 g/mol. The summed E-state index contributed by atoms with van der Waals surface area (Å²) in [5.74, 6) is -5.14. The van der Waals surface area contributed by atoms with Crippen LogP contribution in [0.5, 0.6) is 0 Å². The number of aliphatic hydroxyl groups excluding tert-OH is 1. The van der Waals surface area contributed by atoms with Crippen LogP contribution in [0.4, 0.5) is 4.39 Å². The van der Waals surface area contributed by atoms with Gasteiger partial charge in [0.2, 0.25) is 11.6 Å². The minimum atomic E-state index is -1.28. The number of carbonyl (C=O) groups is 3. The smallest absolute Gasteiger partial charge is 0.306 e. The van der Waals surface area contributed by atoms with E-state index in [1.54, 1.807) is 12.1 Å². The molecule has 0 amide bonds. The van der Waals surface area contributed by atoms with Gasteiger partial charge in [0.1, 0.15) is 11.6 Å². The molecule has 1 atom stereocenters. The third-order valence-corrected chi connectivity index (χ3v) is 4.76. The second-order valence-corrected chi connectivity index (χ2v) is 6.34. The molecular weight excluding hydrogens is 375 g/mol. The number of fused-ring (bicyclic) bond motifs is 1. The lowest BCUT2D eigenvalue weighted by Gasteiger charge is -2.25. The molecule has 1 aliphatic rings. The molecule has 7 heteroatoms. The Bertz CT molecular complexity index is 975. The van der Waals surface area contributed by atoms with Crippen molar-refractivity contribution < 1.29 is 28.6 Å². The molecule has 0 aromatic heterocycles. The number of carbonyl (C=O) groups excluding carboxylic acids is 3. The molecule has 3 rings (SSSR count). The van der Waals surface area contributed by atoms with Crippen molar-refractivity contribution in [2.75, 3.05) is 7.11 Å². The minimum absolute atomic E-state index is 0.0386. The molecule has 1 unspecified atom stereocenters. The van der Waals surface area contributed by atoms with Gasteiger partial charge in [-0.05, 0) is 12.1 Å². The van der Waals surface area contributed by atoms with Crippen LogP contribution in [0.25, 0.3) is 5.76 Å². The molecule has 0 spiro atoms. The van der Waals surface area contributed by atoms with Gasteiger partial charge in [0.15, 0.2) is 0 Å². The first-order valence-corrected chi connectivity index (χ1v) is 8.36. The van der Waals surface area contributed by atoms with Crippen LogP contribution < -0.4 is 0 Å². The van der Waals surface area contributed by atoms with Gasteiger partial charge < -0.3 is 9.84 Å². The molecule has 1 aliphatic carbocycles. The SMILES string of the molecule is COC(=O)CC(C1=C(O)c2ccccc2C(=O)C1=O)c1c(F)cccc1Cl. The molecule has 1 N–H and O–H groups in total. The van der Waals surface area contributed by atoms with Gasteiger partial charge in [0.25, 0.3) is 0 Å². The molecule has 0 saturated heterocycles. The maximum Gasteiger partial charge on any atom is 0.306 e. The summed E-state index contributed by atoms with van der Waals surface area (Å²) in [6, 6.07) is 9.90. The number of hydrogen-bond donors (Lipinski definition) is 1. The Morgan fingerprint density at radius 3 is 2.41 bits per heavy atom. The van der Waals surface area contributed by atoms with Crippen molar-refractivity contribution >= 4 is 34.9 Å². The van der Waals surface area contributed by atoms with Gasteiger partial charge >= 0.3 is 5.97 Å². The van der Waals surface area contributed by atoms with Crippen molar-refractivity contribution in [3.05, 3.63) is 75.6 Å². The number of esters is 1. The maximum absolute atomic E-state index is 14.5. The number of hydrogen-bond acceptors (Lipinski definition) is 5. The average Bonchev–Trinajstić information content (AvgIpc) is 2.66. The van der Waals surface area contributed by atoms with Crippen LogP contribution in [0.15, 0.2) is 48.0 Å². The summed E-state index contributed by atoms with van der Waals surface area (Å²) in [6.07, 6.45) is -0.474. The zero-order valence-electron chi connectivity index (χ0n) is 14.2. The van der Waals surface area contributed by atoms with E-state index in [1.807, 2.05) is 0 Å². The van der Waals surface area contributed by atoms with Crippen LogP contribution in [0.1, 0.15) is 33.8 Å². The van der Waals surface area contributed by atoms with Crippen molar-refractivity contribution in [3.8, 4) is 0 Å². The molecule has 138 valence electrons. The quantitative estimate of drug-likeness (QED) is 0.635. The number of methoxy groups -OCH3 is 1. The molecule has 0 bridgehead atoms. The fourth-order valence-electron chi connectivity index (χ4n) is 3.15. The van der Waals surface area contributed by atoms with Gasteiger partial charge in [-0.3, -0.25) is 14.4 Å². The summed E-state index contributed by atoms with van der Waals surface area (Å²) in [4.78, 5) is 37.1. The van der Waals surface area contributed by atoms with Gasteiger partial charge in [-0.15, -0.1) is 0 Å². The van der Waals surface area contributed by atoms with E-state index in [2.05, 4.69) is 4.74 Å². The Hall–Kier alpha value is -2.99. The Morgan fingerprint density at radius 2 is 1.78 bits per heavy atom. The molecule has 0 radical (unpaired) electrons. The Labute approximate surface area is 159 Å². The van der Waals surface area contributed by atoms with E-state index in [9.17, 15) is 23.9 Å². The van der Waals surface area contributed by atoms with Crippen LogP contribution in [-0.2, 0) is 14.3 Å². The zero-order chi connectivity index (χ0) is 19.7. The van der Waals surface area contributed by atoms with Gasteiger partial charge in [-0.25, -0.2) is 4.39 Å². The number of benzene rings is 2. The molecule has 5 nitrogen and oxygen atoms in total. The first-order chi connectivity index (χ1) is 12.9. The molecule has 2 aromatic rings. The predicted octanol–water partition coefficient (Wildman–Crippen LogP) is 3.86.